The molecule has 3 N–H and O–H groups in total. The van der Waals surface area contributed by atoms with Gasteiger partial charge in [0, 0.05) is 25.7 Å². The molecule has 17 nitrogen and oxygen atoms in total. The smallest absolute Gasteiger partial charge is 0.462 e. The van der Waals surface area contributed by atoms with Gasteiger partial charge in [-0.05, 0) is 37.5 Å². The van der Waals surface area contributed by atoms with Gasteiger partial charge < -0.3 is 33.8 Å². The second-order valence-electron chi connectivity index (χ2n) is 28.3. The molecule has 0 saturated heterocycles. The normalized spacial score (nSPS) is 14.0. The molecule has 0 aromatic rings. The van der Waals surface area contributed by atoms with Gasteiger partial charge >= 0.3 is 39.5 Å². The Morgan fingerprint density at radius 2 is 0.484 bits per heavy atom. The first-order valence-corrected chi connectivity index (χ1v) is 42.5. The minimum atomic E-state index is -4.96. The molecule has 0 bridgehead atoms. The molecule has 95 heavy (non-hydrogen) atoms. The van der Waals surface area contributed by atoms with Gasteiger partial charge in [-0.1, -0.05) is 343 Å². The number of aliphatic hydroxyl groups excluding tert-OH is 1. The van der Waals surface area contributed by atoms with E-state index in [0.29, 0.717) is 25.7 Å². The molecule has 0 heterocycles. The van der Waals surface area contributed by atoms with Crippen molar-refractivity contribution in [2.45, 2.75) is 413 Å². The number of phosphoric ester groups is 2. The number of hydrogen-bond acceptors (Lipinski definition) is 15. The summed E-state index contributed by atoms with van der Waals surface area (Å²) in [6.07, 6.45) is 55.6. The number of aliphatic hydroxyl groups is 1. The molecule has 0 radical (unpaired) electrons. The van der Waals surface area contributed by atoms with E-state index in [1.807, 2.05) is 0 Å². The minimum absolute atomic E-state index is 0.107. The maximum absolute atomic E-state index is 13.1. The van der Waals surface area contributed by atoms with Crippen molar-refractivity contribution in [1.29, 1.82) is 0 Å². The van der Waals surface area contributed by atoms with Gasteiger partial charge in [-0.3, -0.25) is 37.3 Å². The van der Waals surface area contributed by atoms with Crippen LogP contribution in [0.5, 0.6) is 0 Å². The van der Waals surface area contributed by atoms with E-state index in [1.54, 1.807) is 0 Å². The summed E-state index contributed by atoms with van der Waals surface area (Å²) < 4.78 is 68.4. The Bertz CT molecular complexity index is 1840. The van der Waals surface area contributed by atoms with Crippen molar-refractivity contribution in [3.63, 3.8) is 0 Å². The maximum atomic E-state index is 13.1. The largest absolute Gasteiger partial charge is 0.472 e. The van der Waals surface area contributed by atoms with E-state index >= 15 is 0 Å². The highest BCUT2D eigenvalue weighted by Crippen LogP contribution is 2.45. The fourth-order valence-electron chi connectivity index (χ4n) is 11.7. The summed E-state index contributed by atoms with van der Waals surface area (Å²) >= 11 is 0. The van der Waals surface area contributed by atoms with Crippen LogP contribution >= 0.6 is 15.6 Å². The molecule has 0 amide bonds. The zero-order valence-electron chi connectivity index (χ0n) is 62.0. The van der Waals surface area contributed by atoms with Gasteiger partial charge in [0.15, 0.2) is 12.2 Å². The Morgan fingerprint density at radius 3 is 0.716 bits per heavy atom. The highest BCUT2D eigenvalue weighted by Gasteiger charge is 2.30. The molecule has 0 aliphatic heterocycles. The fourth-order valence-corrected chi connectivity index (χ4v) is 13.2. The third-order valence-corrected chi connectivity index (χ3v) is 19.6. The van der Waals surface area contributed by atoms with Gasteiger partial charge in [0.1, 0.15) is 19.3 Å². The van der Waals surface area contributed by atoms with Crippen LogP contribution in [0.2, 0.25) is 0 Å². The number of carbonyl (C=O) groups is 4. The first-order chi connectivity index (χ1) is 45.9. The van der Waals surface area contributed by atoms with Gasteiger partial charge in [0.25, 0.3) is 0 Å². The van der Waals surface area contributed by atoms with Crippen LogP contribution in [-0.4, -0.2) is 96.7 Å². The molecule has 2 unspecified atom stereocenters. The topological polar surface area (TPSA) is 237 Å². The fraction of sp³-hybridized carbons (Fsp3) is 0.947. The van der Waals surface area contributed by atoms with Crippen LogP contribution in [0.1, 0.15) is 395 Å². The Labute approximate surface area is 581 Å². The molecular weight excluding hydrogens is 1250 g/mol. The number of rotatable bonds is 75. The standard InChI is InChI=1S/C76H148O17P2/c1-7-9-11-13-15-16-17-18-19-20-21-22-23-31-36-42-48-54-60-76(81)93-72(65-87-74(79)59-53-47-41-35-30-26-24-28-33-39-44-50-56-68(3)4)67-91-95(84,85)89-63-70(77)62-88-94(82,83)90-66-71(64-86-73(78)58-52-46-38-14-12-10-8-2)92-75(80)61-55-49-43-37-32-27-25-29-34-40-45-51-57-69(5)6/h68-72,77H,7-67H2,1-6H3,(H,82,83)(H,84,85)/t70-,71+,72+/m0/s1. The lowest BCUT2D eigenvalue weighted by Crippen LogP contribution is -2.30. The summed E-state index contributed by atoms with van der Waals surface area (Å²) in [6, 6.07) is 0. The minimum Gasteiger partial charge on any atom is -0.462 e. The molecule has 564 valence electrons. The number of carbonyl (C=O) groups excluding carboxylic acids is 4. The Hall–Kier alpha value is -1.94. The van der Waals surface area contributed by atoms with E-state index in [1.165, 1.54) is 199 Å². The predicted molar refractivity (Wildman–Crippen MR) is 386 cm³/mol. The molecule has 0 aliphatic carbocycles. The third kappa shape index (κ3) is 70.3. The van der Waals surface area contributed by atoms with E-state index in [-0.39, 0.29) is 25.7 Å². The first-order valence-electron chi connectivity index (χ1n) is 39.5. The quantitative estimate of drug-likeness (QED) is 0.0222. The zero-order valence-corrected chi connectivity index (χ0v) is 63.8. The first kappa shape index (κ1) is 93.1. The molecule has 0 rings (SSSR count). The highest BCUT2D eigenvalue weighted by atomic mass is 31.2. The van der Waals surface area contributed by atoms with Gasteiger partial charge in [-0.2, -0.15) is 0 Å². The molecule has 0 spiro atoms. The van der Waals surface area contributed by atoms with E-state index in [2.05, 4.69) is 41.5 Å². The van der Waals surface area contributed by atoms with Crippen LogP contribution in [0.3, 0.4) is 0 Å². The van der Waals surface area contributed by atoms with Crippen LogP contribution in [0.15, 0.2) is 0 Å². The lowest BCUT2D eigenvalue weighted by atomic mass is 10.0. The van der Waals surface area contributed by atoms with Gasteiger partial charge in [0.2, 0.25) is 0 Å². The lowest BCUT2D eigenvalue weighted by Gasteiger charge is -2.21. The van der Waals surface area contributed by atoms with Crippen LogP contribution < -0.4 is 0 Å². The Balaban J connectivity index is 5.19. The monoisotopic (exact) mass is 1400 g/mol. The summed E-state index contributed by atoms with van der Waals surface area (Å²) in [5.41, 5.74) is 0. The summed E-state index contributed by atoms with van der Waals surface area (Å²) in [6.45, 7) is 9.58. The number of phosphoric acid groups is 2. The van der Waals surface area contributed by atoms with Crippen LogP contribution in [-0.2, 0) is 65.4 Å². The average Bonchev–Trinajstić information content (AvgIpc) is 3.40. The average molecular weight is 1400 g/mol. The number of unbranched alkanes of at least 4 members (excludes halogenated alkanes) is 45. The Morgan fingerprint density at radius 1 is 0.284 bits per heavy atom. The Kier molecular flexibility index (Phi) is 66.5. The molecule has 5 atom stereocenters. The van der Waals surface area contributed by atoms with Crippen molar-refractivity contribution >= 4 is 39.5 Å². The van der Waals surface area contributed by atoms with E-state index < -0.39 is 97.5 Å². The van der Waals surface area contributed by atoms with Crippen LogP contribution in [0, 0.1) is 11.8 Å². The van der Waals surface area contributed by atoms with Crippen molar-refractivity contribution in [3.8, 4) is 0 Å². The van der Waals surface area contributed by atoms with Crippen molar-refractivity contribution in [1.82, 2.24) is 0 Å². The zero-order chi connectivity index (χ0) is 70.0. The predicted octanol–water partition coefficient (Wildman–Crippen LogP) is 22.3. The van der Waals surface area contributed by atoms with Crippen molar-refractivity contribution < 1.29 is 80.2 Å². The maximum Gasteiger partial charge on any atom is 0.472 e. The molecule has 0 aromatic heterocycles. The number of esters is 4. The molecule has 0 fully saturated rings. The SMILES string of the molecule is CCCCCCCCCCCCCCCCCCCCC(=O)O[C@H](COC(=O)CCCCCCCCCCCCCCC(C)C)COP(=O)(O)OC[C@@H](O)COP(=O)(O)OC[C@@H](COC(=O)CCCCCCCCC)OC(=O)CCCCCCCCCCCCCCC(C)C. The number of hydrogen-bond donors (Lipinski definition) is 3. The summed E-state index contributed by atoms with van der Waals surface area (Å²) in [4.78, 5) is 72.7. The van der Waals surface area contributed by atoms with E-state index in [9.17, 15) is 43.2 Å². The van der Waals surface area contributed by atoms with Crippen molar-refractivity contribution in [3.05, 3.63) is 0 Å². The summed E-state index contributed by atoms with van der Waals surface area (Å²) in [7, 11) is -9.91. The van der Waals surface area contributed by atoms with Crippen LogP contribution in [0.4, 0.5) is 0 Å². The second kappa shape index (κ2) is 67.9. The molecule has 0 aromatic carbocycles. The van der Waals surface area contributed by atoms with Crippen LogP contribution in [0.25, 0.3) is 0 Å². The summed E-state index contributed by atoms with van der Waals surface area (Å²) in [5.74, 6) is -0.560. The van der Waals surface area contributed by atoms with Gasteiger partial charge in [-0.25, -0.2) is 9.13 Å². The molecule has 0 aliphatic rings. The third-order valence-electron chi connectivity index (χ3n) is 17.7. The van der Waals surface area contributed by atoms with Crippen molar-refractivity contribution in [2.75, 3.05) is 39.6 Å². The summed E-state index contributed by atoms with van der Waals surface area (Å²) in [5, 5.41) is 10.6. The van der Waals surface area contributed by atoms with E-state index in [0.717, 1.165) is 115 Å². The van der Waals surface area contributed by atoms with Crippen molar-refractivity contribution in [2.24, 2.45) is 11.8 Å². The molecular formula is C76H148O17P2. The van der Waals surface area contributed by atoms with Gasteiger partial charge in [-0.15, -0.1) is 0 Å². The van der Waals surface area contributed by atoms with E-state index in [4.69, 9.17) is 37.0 Å². The lowest BCUT2D eigenvalue weighted by molar-refractivity contribution is -0.161. The number of ether oxygens (including phenoxy) is 4. The van der Waals surface area contributed by atoms with Gasteiger partial charge in [0.05, 0.1) is 26.4 Å². The molecule has 0 saturated carbocycles. The molecule has 19 heteroatoms. The highest BCUT2D eigenvalue weighted by molar-refractivity contribution is 7.47. The second-order valence-corrected chi connectivity index (χ2v) is 31.3.